The summed E-state index contributed by atoms with van der Waals surface area (Å²) < 4.78 is 27.8. The van der Waals surface area contributed by atoms with Crippen molar-refractivity contribution in [2.24, 2.45) is 0 Å². The molecule has 3 rings (SSSR count). The Hall–Kier alpha value is -2.83. The maximum absolute atomic E-state index is 13.3. The average Bonchev–Trinajstić information content (AvgIpc) is 2.82. The van der Waals surface area contributed by atoms with Crippen LogP contribution in [-0.2, 0) is 27.7 Å². The average molecular weight is 471 g/mol. The van der Waals surface area contributed by atoms with Gasteiger partial charge in [-0.3, -0.25) is 9.10 Å². The predicted molar refractivity (Wildman–Crippen MR) is 130 cm³/mol. The number of carbonyl (C=O) groups excluding carboxylic acids is 1. The van der Waals surface area contributed by atoms with Gasteiger partial charge in [-0.1, -0.05) is 67.1 Å². The Balaban J connectivity index is 1.70. The van der Waals surface area contributed by atoms with Crippen LogP contribution in [0.5, 0.6) is 0 Å². The lowest BCUT2D eigenvalue weighted by Crippen LogP contribution is -2.41. The molecule has 0 aliphatic carbocycles. The number of rotatable bonds is 10. The summed E-state index contributed by atoms with van der Waals surface area (Å²) in [5.41, 5.74) is 2.57. The summed E-state index contributed by atoms with van der Waals surface area (Å²) in [6, 6.07) is 23.0. The van der Waals surface area contributed by atoms with Gasteiger partial charge in [0, 0.05) is 11.6 Å². The van der Waals surface area contributed by atoms with Crippen molar-refractivity contribution < 1.29 is 13.2 Å². The molecule has 0 atom stereocenters. The number of benzene rings is 3. The second-order valence-corrected chi connectivity index (χ2v) is 9.66. The van der Waals surface area contributed by atoms with Crippen molar-refractivity contribution in [3.63, 3.8) is 0 Å². The molecule has 32 heavy (non-hydrogen) atoms. The van der Waals surface area contributed by atoms with Crippen LogP contribution in [0.3, 0.4) is 0 Å². The van der Waals surface area contributed by atoms with Gasteiger partial charge in [0.2, 0.25) is 5.91 Å². The van der Waals surface area contributed by atoms with Gasteiger partial charge >= 0.3 is 0 Å². The first-order valence-corrected chi connectivity index (χ1v) is 12.4. The molecule has 3 aromatic carbocycles. The van der Waals surface area contributed by atoms with E-state index in [1.165, 1.54) is 12.1 Å². The van der Waals surface area contributed by atoms with Gasteiger partial charge in [-0.25, -0.2) is 8.42 Å². The van der Waals surface area contributed by atoms with Crippen LogP contribution in [0.1, 0.15) is 24.5 Å². The van der Waals surface area contributed by atoms with Crippen LogP contribution in [0, 0.1) is 0 Å². The third-order valence-corrected chi connectivity index (χ3v) is 7.31. The van der Waals surface area contributed by atoms with Crippen LogP contribution in [0.15, 0.2) is 83.8 Å². The molecule has 5 nitrogen and oxygen atoms in total. The lowest BCUT2D eigenvalue weighted by Gasteiger charge is -2.24. The van der Waals surface area contributed by atoms with E-state index in [4.69, 9.17) is 11.6 Å². The molecule has 7 heteroatoms. The molecule has 168 valence electrons. The number of halogens is 1. The molecule has 0 unspecified atom stereocenters. The second kappa shape index (κ2) is 11.2. The van der Waals surface area contributed by atoms with Crippen molar-refractivity contribution in [1.29, 1.82) is 0 Å². The highest BCUT2D eigenvalue weighted by Crippen LogP contribution is 2.24. The van der Waals surface area contributed by atoms with Gasteiger partial charge in [0.1, 0.15) is 6.54 Å². The summed E-state index contributed by atoms with van der Waals surface area (Å²) in [4.78, 5) is 12.8. The summed E-state index contributed by atoms with van der Waals surface area (Å²) >= 11 is 6.17. The first kappa shape index (κ1) is 23.8. The Morgan fingerprint density at radius 2 is 1.59 bits per heavy atom. The van der Waals surface area contributed by atoms with Gasteiger partial charge in [-0.15, -0.1) is 0 Å². The number of hydrogen-bond acceptors (Lipinski definition) is 3. The molecule has 0 spiro atoms. The molecule has 0 fully saturated rings. The zero-order chi connectivity index (χ0) is 23.0. The molecule has 0 heterocycles. The minimum atomic E-state index is -3.89. The third-order valence-electron chi connectivity index (χ3n) is 5.15. The molecule has 0 radical (unpaired) electrons. The fourth-order valence-corrected chi connectivity index (χ4v) is 5.00. The van der Waals surface area contributed by atoms with Gasteiger partial charge in [-0.2, -0.15) is 0 Å². The Labute approximate surface area is 195 Å². The van der Waals surface area contributed by atoms with E-state index in [0.717, 1.165) is 28.3 Å². The van der Waals surface area contributed by atoms with E-state index in [9.17, 15) is 13.2 Å². The third kappa shape index (κ3) is 6.11. The molecule has 1 amide bonds. The van der Waals surface area contributed by atoms with Gasteiger partial charge in [0.25, 0.3) is 10.0 Å². The standard InChI is InChI=1S/C25H27ClN2O3S/c1-2-20-14-16-22(17-15-20)28(32(30,31)23-11-4-3-5-12-23)19-25(29)27-18-8-10-21-9-6-7-13-24(21)26/h3-7,9,11-17H,2,8,10,18-19H2,1H3,(H,27,29). The van der Waals surface area contributed by atoms with Gasteiger partial charge in [-0.05, 0) is 60.7 Å². The topological polar surface area (TPSA) is 66.5 Å². The van der Waals surface area contributed by atoms with Gasteiger partial charge in [0.05, 0.1) is 10.6 Å². The van der Waals surface area contributed by atoms with E-state index in [1.54, 1.807) is 30.3 Å². The minimum Gasteiger partial charge on any atom is -0.355 e. The number of nitrogens with one attached hydrogen (secondary N) is 1. The van der Waals surface area contributed by atoms with E-state index in [1.807, 2.05) is 43.3 Å². The number of sulfonamides is 1. The Morgan fingerprint density at radius 3 is 2.25 bits per heavy atom. The van der Waals surface area contributed by atoms with E-state index >= 15 is 0 Å². The molecule has 0 aliphatic heterocycles. The van der Waals surface area contributed by atoms with Crippen molar-refractivity contribution in [2.45, 2.75) is 31.1 Å². The van der Waals surface area contributed by atoms with Crippen molar-refractivity contribution in [3.8, 4) is 0 Å². The SMILES string of the molecule is CCc1ccc(N(CC(=O)NCCCc2ccccc2Cl)S(=O)(=O)c2ccccc2)cc1. The maximum atomic E-state index is 13.3. The number of aryl methyl sites for hydroxylation is 2. The number of nitrogens with zero attached hydrogens (tertiary/aromatic N) is 1. The first-order chi connectivity index (χ1) is 15.4. The van der Waals surface area contributed by atoms with Crippen molar-refractivity contribution >= 4 is 33.2 Å². The zero-order valence-electron chi connectivity index (χ0n) is 18.0. The highest BCUT2D eigenvalue weighted by atomic mass is 35.5. The van der Waals surface area contributed by atoms with Crippen LogP contribution >= 0.6 is 11.6 Å². The monoisotopic (exact) mass is 470 g/mol. The highest BCUT2D eigenvalue weighted by molar-refractivity contribution is 7.92. The van der Waals surface area contributed by atoms with Crippen LogP contribution in [-0.4, -0.2) is 27.4 Å². The molecule has 0 aromatic heterocycles. The number of hydrogen-bond donors (Lipinski definition) is 1. The molecule has 0 saturated carbocycles. The molecule has 3 aromatic rings. The van der Waals surface area contributed by atoms with Crippen LogP contribution < -0.4 is 9.62 Å². The molecular weight excluding hydrogens is 444 g/mol. The summed E-state index contributed by atoms with van der Waals surface area (Å²) in [7, 11) is -3.89. The lowest BCUT2D eigenvalue weighted by molar-refractivity contribution is -0.119. The molecule has 0 bridgehead atoms. The Morgan fingerprint density at radius 1 is 0.938 bits per heavy atom. The second-order valence-electron chi connectivity index (χ2n) is 7.39. The van der Waals surface area contributed by atoms with Crippen molar-refractivity contribution in [1.82, 2.24) is 5.32 Å². The minimum absolute atomic E-state index is 0.145. The summed E-state index contributed by atoms with van der Waals surface area (Å²) in [5.74, 6) is -0.358. The van der Waals surface area contributed by atoms with E-state index in [-0.39, 0.29) is 17.3 Å². The summed E-state index contributed by atoms with van der Waals surface area (Å²) in [6.07, 6.45) is 2.27. The van der Waals surface area contributed by atoms with Crippen LogP contribution in [0.4, 0.5) is 5.69 Å². The summed E-state index contributed by atoms with van der Waals surface area (Å²) in [6.45, 7) is 2.16. The molecule has 0 aliphatic rings. The molecular formula is C25H27ClN2O3S. The van der Waals surface area contributed by atoms with E-state index in [2.05, 4.69) is 5.32 Å². The largest absolute Gasteiger partial charge is 0.355 e. The van der Waals surface area contributed by atoms with Crippen LogP contribution in [0.25, 0.3) is 0 Å². The lowest BCUT2D eigenvalue weighted by atomic mass is 10.1. The molecule has 1 N–H and O–H groups in total. The quantitative estimate of drug-likeness (QED) is 0.431. The number of anilines is 1. The van der Waals surface area contributed by atoms with E-state index in [0.29, 0.717) is 23.7 Å². The first-order valence-electron chi connectivity index (χ1n) is 10.6. The Kier molecular flexibility index (Phi) is 8.31. The molecule has 0 saturated heterocycles. The number of carbonyl (C=O) groups is 1. The fourth-order valence-electron chi connectivity index (χ4n) is 3.33. The van der Waals surface area contributed by atoms with Crippen LogP contribution in [0.2, 0.25) is 5.02 Å². The van der Waals surface area contributed by atoms with E-state index < -0.39 is 10.0 Å². The number of amides is 1. The van der Waals surface area contributed by atoms with Gasteiger partial charge < -0.3 is 5.32 Å². The highest BCUT2D eigenvalue weighted by Gasteiger charge is 2.27. The summed E-state index contributed by atoms with van der Waals surface area (Å²) in [5, 5.41) is 3.53. The predicted octanol–water partition coefficient (Wildman–Crippen LogP) is 4.85. The normalized spacial score (nSPS) is 11.2. The van der Waals surface area contributed by atoms with Crippen molar-refractivity contribution in [2.75, 3.05) is 17.4 Å². The Bertz CT molecular complexity index is 1130. The zero-order valence-corrected chi connectivity index (χ0v) is 19.6. The van der Waals surface area contributed by atoms with Crippen molar-refractivity contribution in [3.05, 3.63) is 95.0 Å². The fraction of sp³-hybridized carbons (Fsp3) is 0.240. The maximum Gasteiger partial charge on any atom is 0.264 e. The van der Waals surface area contributed by atoms with Gasteiger partial charge in [0.15, 0.2) is 0 Å². The smallest absolute Gasteiger partial charge is 0.264 e.